The first-order valence-electron chi connectivity index (χ1n) is 14.2. The molecule has 3 aromatic carbocycles. The summed E-state index contributed by atoms with van der Waals surface area (Å²) in [7, 11) is 2.09. The second kappa shape index (κ2) is 8.19. The van der Waals surface area contributed by atoms with Crippen LogP contribution in [0.4, 0.5) is 4.39 Å². The summed E-state index contributed by atoms with van der Waals surface area (Å²) in [6, 6.07) is 14.1. The van der Waals surface area contributed by atoms with Crippen LogP contribution >= 0.6 is 0 Å². The molecule has 0 aliphatic heterocycles. The van der Waals surface area contributed by atoms with Gasteiger partial charge in [-0.05, 0) is 60.7 Å². The molecule has 7 aromatic rings. The molecule has 4 aromatic heterocycles. The molecule has 0 saturated carbocycles. The predicted molar refractivity (Wildman–Crippen MR) is 165 cm³/mol. The summed E-state index contributed by atoms with van der Waals surface area (Å²) in [5.41, 5.74) is 6.88. The number of benzene rings is 3. The number of nitrogens with zero attached hydrogens (tertiary/aromatic N) is 5. The Balaban J connectivity index is 1.73. The Morgan fingerprint density at radius 1 is 0.780 bits per heavy atom. The zero-order valence-corrected chi connectivity index (χ0v) is 25.2. The zero-order valence-electron chi connectivity index (χ0n) is 25.2. The summed E-state index contributed by atoms with van der Waals surface area (Å²) in [4.78, 5) is 14.9. The quantitative estimate of drug-likeness (QED) is 0.119. The highest BCUT2D eigenvalue weighted by Gasteiger charge is 2.28. The van der Waals surface area contributed by atoms with Gasteiger partial charge in [-0.25, -0.2) is 23.9 Å². The number of aryl methyl sites for hydroxylation is 3. The van der Waals surface area contributed by atoms with Crippen molar-refractivity contribution in [1.82, 2.24) is 19.4 Å². The Hall–Kier alpha value is -4.19. The van der Waals surface area contributed by atoms with Crippen molar-refractivity contribution in [2.75, 3.05) is 0 Å². The zero-order chi connectivity index (χ0) is 29.2. The smallest absolute Gasteiger partial charge is 0.224 e. The lowest BCUT2D eigenvalue weighted by Crippen LogP contribution is -2.29. The minimum absolute atomic E-state index is 0.203. The third-order valence-electron chi connectivity index (χ3n) is 8.47. The molecule has 0 aliphatic carbocycles. The van der Waals surface area contributed by atoms with E-state index >= 15 is 4.39 Å². The van der Waals surface area contributed by atoms with E-state index in [0.29, 0.717) is 11.2 Å². The van der Waals surface area contributed by atoms with Crippen LogP contribution in [-0.2, 0) is 17.9 Å². The Kier molecular flexibility index (Phi) is 5.14. The van der Waals surface area contributed by atoms with E-state index in [1.165, 1.54) is 5.56 Å². The maximum absolute atomic E-state index is 15.6. The van der Waals surface area contributed by atoms with Gasteiger partial charge in [0.15, 0.2) is 12.0 Å². The van der Waals surface area contributed by atoms with Crippen LogP contribution in [0.2, 0.25) is 0 Å². The van der Waals surface area contributed by atoms with Gasteiger partial charge < -0.3 is 4.40 Å². The van der Waals surface area contributed by atoms with Crippen LogP contribution in [-0.4, -0.2) is 19.4 Å². The summed E-state index contributed by atoms with van der Waals surface area (Å²) in [6.45, 7) is 17.1. The van der Waals surface area contributed by atoms with Gasteiger partial charge in [0.25, 0.3) is 0 Å². The summed E-state index contributed by atoms with van der Waals surface area (Å²) >= 11 is 0. The van der Waals surface area contributed by atoms with Gasteiger partial charge in [-0.3, -0.25) is 0 Å². The van der Waals surface area contributed by atoms with Crippen LogP contribution in [0.3, 0.4) is 0 Å². The van der Waals surface area contributed by atoms with Crippen LogP contribution in [0.25, 0.3) is 60.4 Å². The Bertz CT molecular complexity index is 2180. The Labute approximate surface area is 239 Å². The highest BCUT2D eigenvalue weighted by Crippen LogP contribution is 2.43. The average Bonchev–Trinajstić information content (AvgIpc) is 3.23. The predicted octanol–water partition coefficient (Wildman–Crippen LogP) is 8.02. The van der Waals surface area contributed by atoms with Crippen molar-refractivity contribution in [3.8, 4) is 11.4 Å². The molecule has 4 heterocycles. The van der Waals surface area contributed by atoms with E-state index in [9.17, 15) is 0 Å². The number of aromatic nitrogens is 5. The lowest BCUT2D eigenvalue weighted by Gasteiger charge is -2.23. The number of halogens is 1. The number of fused-ring (bicyclic) bond motifs is 5. The largest absolute Gasteiger partial charge is 0.307 e. The molecule has 0 aliphatic rings. The molecule has 7 rings (SSSR count). The van der Waals surface area contributed by atoms with Gasteiger partial charge in [-0.1, -0.05) is 47.6 Å². The van der Waals surface area contributed by atoms with E-state index < -0.39 is 0 Å². The molecular formula is C35H35FN5+. The minimum atomic E-state index is -0.238. The van der Waals surface area contributed by atoms with Gasteiger partial charge in [0.1, 0.15) is 24.5 Å². The van der Waals surface area contributed by atoms with Crippen molar-refractivity contribution in [3.63, 3.8) is 0 Å². The van der Waals surface area contributed by atoms with Crippen LogP contribution in [0.5, 0.6) is 0 Å². The van der Waals surface area contributed by atoms with Gasteiger partial charge in [0.05, 0.1) is 27.3 Å². The molecule has 0 unspecified atom stereocenters. The second-order valence-corrected chi connectivity index (χ2v) is 13.6. The summed E-state index contributed by atoms with van der Waals surface area (Å²) < 4.78 is 20.0. The number of hydrogen-bond acceptors (Lipinski definition) is 3. The summed E-state index contributed by atoms with van der Waals surface area (Å²) in [5.74, 6) is 2.00. The van der Waals surface area contributed by atoms with Gasteiger partial charge >= 0.3 is 0 Å². The van der Waals surface area contributed by atoms with Crippen LogP contribution in [0.1, 0.15) is 64.3 Å². The first kappa shape index (κ1) is 25.8. The fourth-order valence-corrected chi connectivity index (χ4v) is 6.22. The maximum Gasteiger partial charge on any atom is 0.224 e. The lowest BCUT2D eigenvalue weighted by atomic mass is 9.92. The molecule has 206 valence electrons. The van der Waals surface area contributed by atoms with E-state index in [4.69, 9.17) is 15.0 Å². The number of hydrogen-bond donors (Lipinski definition) is 0. The molecule has 0 atom stereocenters. The molecule has 5 nitrogen and oxygen atoms in total. The summed E-state index contributed by atoms with van der Waals surface area (Å²) in [6.07, 6.45) is 2.12. The lowest BCUT2D eigenvalue weighted by molar-refractivity contribution is -0.643. The standard InChI is InChI=1S/C35H35FN5/c1-18-15-22-28-23(36)11-10-12-24(28)41-25-17-21(31-37-32(34(3,4)5)39-33(38-31)35(6,7)8)16-20-13-14-40(9)30(27(20)25)26(19(18)2)29(22)41/h10-17H,1-9H3/q+1. The molecular weight excluding hydrogens is 509 g/mol. The molecule has 6 heteroatoms. The first-order valence-corrected chi connectivity index (χ1v) is 14.2. The van der Waals surface area contributed by atoms with E-state index in [0.717, 1.165) is 66.4 Å². The van der Waals surface area contributed by atoms with E-state index in [2.05, 4.69) is 102 Å². The summed E-state index contributed by atoms with van der Waals surface area (Å²) in [5, 5.41) is 5.00. The molecule has 0 saturated heterocycles. The average molecular weight is 545 g/mol. The van der Waals surface area contributed by atoms with Gasteiger partial charge in [-0.15, -0.1) is 0 Å². The molecule has 0 fully saturated rings. The normalized spacial score (nSPS) is 13.1. The Morgan fingerprint density at radius 2 is 1.46 bits per heavy atom. The monoisotopic (exact) mass is 544 g/mol. The highest BCUT2D eigenvalue weighted by molar-refractivity contribution is 6.26. The van der Waals surface area contributed by atoms with Gasteiger partial charge in [0, 0.05) is 33.2 Å². The minimum Gasteiger partial charge on any atom is -0.307 e. The third-order valence-corrected chi connectivity index (χ3v) is 8.47. The first-order chi connectivity index (χ1) is 19.3. The van der Waals surface area contributed by atoms with E-state index in [-0.39, 0.29) is 16.6 Å². The topological polar surface area (TPSA) is 47.0 Å². The number of rotatable bonds is 1. The van der Waals surface area contributed by atoms with Crippen LogP contribution in [0, 0.1) is 19.7 Å². The van der Waals surface area contributed by atoms with Crippen molar-refractivity contribution < 1.29 is 8.96 Å². The van der Waals surface area contributed by atoms with Crippen molar-refractivity contribution in [3.05, 3.63) is 77.3 Å². The molecule has 0 radical (unpaired) electrons. The molecule has 0 bridgehead atoms. The van der Waals surface area contributed by atoms with E-state index in [1.54, 1.807) is 12.1 Å². The molecule has 0 N–H and O–H groups in total. The Morgan fingerprint density at radius 3 is 2.12 bits per heavy atom. The van der Waals surface area contributed by atoms with Crippen molar-refractivity contribution in [1.29, 1.82) is 0 Å². The fraction of sp³-hybridized carbons (Fsp3) is 0.314. The van der Waals surface area contributed by atoms with Gasteiger partial charge in [-0.2, -0.15) is 0 Å². The van der Waals surface area contributed by atoms with E-state index in [1.807, 2.05) is 6.07 Å². The van der Waals surface area contributed by atoms with Crippen molar-refractivity contribution in [2.24, 2.45) is 7.05 Å². The van der Waals surface area contributed by atoms with Crippen molar-refractivity contribution >= 4 is 49.0 Å². The molecule has 41 heavy (non-hydrogen) atoms. The SMILES string of the molecule is Cc1cc2c3c(F)cccc3n3c4cc(-c5nc(C(C)(C)C)nc(C(C)(C)C)n5)cc5cc[n+](C)c(c(c1C)c23)c54. The highest BCUT2D eigenvalue weighted by atomic mass is 19.1. The molecule has 0 spiro atoms. The fourth-order valence-electron chi connectivity index (χ4n) is 6.22. The third kappa shape index (κ3) is 3.59. The van der Waals surface area contributed by atoms with Crippen molar-refractivity contribution in [2.45, 2.75) is 66.2 Å². The maximum atomic E-state index is 15.6. The van der Waals surface area contributed by atoms with Crippen LogP contribution < -0.4 is 4.57 Å². The molecule has 0 amide bonds. The van der Waals surface area contributed by atoms with Crippen LogP contribution in [0.15, 0.2) is 48.7 Å². The number of pyridine rings is 2. The second-order valence-electron chi connectivity index (χ2n) is 13.6. The van der Waals surface area contributed by atoms with Gasteiger partial charge in [0.2, 0.25) is 5.52 Å².